The largest absolute Gasteiger partial charge is 0.496 e. The highest BCUT2D eigenvalue weighted by atomic mass is 32.2. The van der Waals surface area contributed by atoms with Crippen molar-refractivity contribution in [2.45, 2.75) is 11.0 Å². The summed E-state index contributed by atoms with van der Waals surface area (Å²) >= 11 is 0.637. The summed E-state index contributed by atoms with van der Waals surface area (Å²) in [5, 5.41) is 7.38. The van der Waals surface area contributed by atoms with Gasteiger partial charge in [0, 0.05) is 11.3 Å². The minimum absolute atomic E-state index is 0.0855. The summed E-state index contributed by atoms with van der Waals surface area (Å²) in [4.78, 5) is 0. The predicted molar refractivity (Wildman–Crippen MR) is 82.1 cm³/mol. The first-order valence-corrected chi connectivity index (χ1v) is 8.02. The van der Waals surface area contributed by atoms with Crippen molar-refractivity contribution in [3.8, 4) is 17.2 Å². The lowest BCUT2D eigenvalue weighted by Gasteiger charge is -2.06. The van der Waals surface area contributed by atoms with Crippen LogP contribution in [0.2, 0.25) is 0 Å². The number of nitrogens with zero attached hydrogens (tertiary/aromatic N) is 2. The number of benzene rings is 2. The first-order chi connectivity index (χ1) is 12.4. The number of methoxy groups -OCH3 is 1. The van der Waals surface area contributed by atoms with E-state index in [4.69, 9.17) is 9.15 Å². The molecule has 0 saturated heterocycles. The van der Waals surface area contributed by atoms with E-state index in [1.54, 1.807) is 24.3 Å². The van der Waals surface area contributed by atoms with Gasteiger partial charge in [0.2, 0.25) is 5.82 Å². The molecule has 4 nitrogen and oxygen atoms in total. The molecule has 1 heterocycles. The standard InChI is InChI=1S/C16H9F5N2O2S/c1-24-9-5-3-2-4-7(9)15-22-23-16(25-15)26-6-8-10(17)12(19)14(21)13(20)11(8)18/h2-5H,6H2,1H3. The number of para-hydroxylation sites is 1. The number of ether oxygens (including phenoxy) is 1. The van der Waals surface area contributed by atoms with Gasteiger partial charge in [-0.3, -0.25) is 0 Å². The molecule has 0 bridgehead atoms. The number of aromatic nitrogens is 2. The van der Waals surface area contributed by atoms with Gasteiger partial charge in [0.1, 0.15) is 5.75 Å². The Hall–Kier alpha value is -2.62. The summed E-state index contributed by atoms with van der Waals surface area (Å²) < 4.78 is 77.3. The molecule has 0 aliphatic rings. The molecule has 0 unspecified atom stereocenters. The maximum atomic E-state index is 13.7. The molecule has 0 amide bonds. The van der Waals surface area contributed by atoms with Gasteiger partial charge in [-0.05, 0) is 12.1 Å². The van der Waals surface area contributed by atoms with Crippen LogP contribution in [-0.4, -0.2) is 17.3 Å². The Morgan fingerprint density at radius 3 is 2.19 bits per heavy atom. The minimum Gasteiger partial charge on any atom is -0.496 e. The third kappa shape index (κ3) is 3.24. The summed E-state index contributed by atoms with van der Waals surface area (Å²) in [6.07, 6.45) is 0. The van der Waals surface area contributed by atoms with Crippen molar-refractivity contribution in [1.82, 2.24) is 10.2 Å². The summed E-state index contributed by atoms with van der Waals surface area (Å²) in [6.45, 7) is 0. The Kier molecular flexibility index (Phi) is 5.12. The van der Waals surface area contributed by atoms with Crippen LogP contribution in [0.4, 0.5) is 22.0 Å². The lowest BCUT2D eigenvalue weighted by Crippen LogP contribution is -2.06. The molecule has 0 radical (unpaired) electrons. The Labute approximate surface area is 148 Å². The van der Waals surface area contributed by atoms with Gasteiger partial charge >= 0.3 is 0 Å². The molecule has 3 rings (SSSR count). The van der Waals surface area contributed by atoms with E-state index in [2.05, 4.69) is 10.2 Å². The van der Waals surface area contributed by atoms with E-state index in [1.807, 2.05) is 0 Å². The van der Waals surface area contributed by atoms with E-state index in [-0.39, 0.29) is 11.1 Å². The van der Waals surface area contributed by atoms with Crippen LogP contribution in [0.15, 0.2) is 33.9 Å². The van der Waals surface area contributed by atoms with Crippen LogP contribution in [0.1, 0.15) is 5.56 Å². The maximum Gasteiger partial charge on any atom is 0.277 e. The van der Waals surface area contributed by atoms with E-state index < -0.39 is 40.4 Å². The van der Waals surface area contributed by atoms with Crippen LogP contribution in [0.3, 0.4) is 0 Å². The molecule has 0 atom stereocenters. The molecular formula is C16H9F5N2O2S. The van der Waals surface area contributed by atoms with Crippen LogP contribution >= 0.6 is 11.8 Å². The lowest BCUT2D eigenvalue weighted by atomic mass is 10.2. The third-order valence-corrected chi connectivity index (χ3v) is 4.23. The normalized spacial score (nSPS) is 11.0. The second-order valence-corrected chi connectivity index (χ2v) is 5.84. The van der Waals surface area contributed by atoms with Crippen LogP contribution in [0.5, 0.6) is 5.75 Å². The summed E-state index contributed by atoms with van der Waals surface area (Å²) in [7, 11) is 1.45. The van der Waals surface area contributed by atoms with Gasteiger partial charge in [0.25, 0.3) is 11.1 Å². The zero-order valence-electron chi connectivity index (χ0n) is 13.0. The highest BCUT2D eigenvalue weighted by Gasteiger charge is 2.26. The molecule has 26 heavy (non-hydrogen) atoms. The zero-order chi connectivity index (χ0) is 18.8. The van der Waals surface area contributed by atoms with Gasteiger partial charge in [-0.15, -0.1) is 10.2 Å². The predicted octanol–water partition coefficient (Wildman–Crippen LogP) is 4.73. The fourth-order valence-electron chi connectivity index (χ4n) is 2.11. The minimum atomic E-state index is -2.20. The molecule has 3 aromatic rings. The highest BCUT2D eigenvalue weighted by Crippen LogP contribution is 2.33. The quantitative estimate of drug-likeness (QED) is 0.274. The number of hydrogen-bond acceptors (Lipinski definition) is 5. The van der Waals surface area contributed by atoms with E-state index in [9.17, 15) is 22.0 Å². The van der Waals surface area contributed by atoms with E-state index in [0.29, 0.717) is 23.1 Å². The number of hydrogen-bond donors (Lipinski definition) is 0. The van der Waals surface area contributed by atoms with Crippen molar-refractivity contribution >= 4 is 11.8 Å². The van der Waals surface area contributed by atoms with Gasteiger partial charge in [0.15, 0.2) is 23.3 Å². The Morgan fingerprint density at radius 1 is 0.923 bits per heavy atom. The van der Waals surface area contributed by atoms with Gasteiger partial charge in [0.05, 0.1) is 12.7 Å². The fraction of sp³-hybridized carbons (Fsp3) is 0.125. The maximum absolute atomic E-state index is 13.7. The van der Waals surface area contributed by atoms with Crippen LogP contribution in [0, 0.1) is 29.1 Å². The molecular weight excluding hydrogens is 379 g/mol. The molecule has 0 fully saturated rings. The number of thioether (sulfide) groups is 1. The van der Waals surface area contributed by atoms with Crippen LogP contribution in [-0.2, 0) is 5.75 Å². The van der Waals surface area contributed by atoms with Crippen molar-refractivity contribution in [1.29, 1.82) is 0 Å². The molecule has 0 saturated carbocycles. The summed E-state index contributed by atoms with van der Waals surface area (Å²) in [6, 6.07) is 6.77. The highest BCUT2D eigenvalue weighted by molar-refractivity contribution is 7.98. The summed E-state index contributed by atoms with van der Waals surface area (Å²) in [5.74, 6) is -10.0. The van der Waals surface area contributed by atoms with E-state index >= 15 is 0 Å². The van der Waals surface area contributed by atoms with E-state index in [0.717, 1.165) is 0 Å². The SMILES string of the molecule is COc1ccccc1-c1nnc(SCc2c(F)c(F)c(F)c(F)c2F)o1. The number of halogens is 5. The first kappa shape index (κ1) is 18.2. The molecule has 10 heteroatoms. The van der Waals surface area contributed by atoms with E-state index in [1.165, 1.54) is 7.11 Å². The fourth-order valence-corrected chi connectivity index (χ4v) is 2.87. The van der Waals surface area contributed by atoms with Crippen molar-refractivity contribution in [3.05, 3.63) is 58.9 Å². The van der Waals surface area contributed by atoms with Crippen LogP contribution in [0.25, 0.3) is 11.5 Å². The van der Waals surface area contributed by atoms with Crippen molar-refractivity contribution in [2.24, 2.45) is 0 Å². The Morgan fingerprint density at radius 2 is 1.54 bits per heavy atom. The lowest BCUT2D eigenvalue weighted by molar-refractivity contribution is 0.372. The topological polar surface area (TPSA) is 48.2 Å². The molecule has 2 aromatic carbocycles. The molecule has 1 aromatic heterocycles. The van der Waals surface area contributed by atoms with Crippen molar-refractivity contribution in [3.63, 3.8) is 0 Å². The third-order valence-electron chi connectivity index (χ3n) is 3.38. The molecule has 136 valence electrons. The average molecular weight is 388 g/mol. The molecule has 0 aliphatic carbocycles. The first-order valence-electron chi connectivity index (χ1n) is 7.04. The van der Waals surface area contributed by atoms with Gasteiger partial charge in [-0.1, -0.05) is 23.9 Å². The number of rotatable bonds is 5. The zero-order valence-corrected chi connectivity index (χ0v) is 13.8. The monoisotopic (exact) mass is 388 g/mol. The Bertz CT molecular complexity index is 935. The van der Waals surface area contributed by atoms with Crippen molar-refractivity contribution in [2.75, 3.05) is 7.11 Å². The second-order valence-electron chi connectivity index (χ2n) is 4.91. The van der Waals surface area contributed by atoms with Gasteiger partial charge in [-0.2, -0.15) is 0 Å². The Balaban J connectivity index is 1.84. The smallest absolute Gasteiger partial charge is 0.277 e. The van der Waals surface area contributed by atoms with Gasteiger partial charge in [-0.25, -0.2) is 22.0 Å². The molecule has 0 aliphatic heterocycles. The molecule has 0 spiro atoms. The molecule has 0 N–H and O–H groups in total. The summed E-state index contributed by atoms with van der Waals surface area (Å²) in [5.41, 5.74) is -0.478. The van der Waals surface area contributed by atoms with Crippen LogP contribution < -0.4 is 4.74 Å². The van der Waals surface area contributed by atoms with Crippen molar-refractivity contribution < 1.29 is 31.1 Å². The van der Waals surface area contributed by atoms with Gasteiger partial charge < -0.3 is 9.15 Å². The average Bonchev–Trinajstić information content (AvgIpc) is 3.13. The second kappa shape index (κ2) is 7.32.